The summed E-state index contributed by atoms with van der Waals surface area (Å²) in [6.07, 6.45) is 1.57. The number of nitrogens with one attached hydrogen (secondary N) is 1. The van der Waals surface area contributed by atoms with E-state index in [1.165, 1.54) is 10.4 Å². The molecule has 0 saturated heterocycles. The number of thiophene rings is 1. The Kier molecular flexibility index (Phi) is 7.32. The van der Waals surface area contributed by atoms with Gasteiger partial charge >= 0.3 is 0 Å². The number of aromatic nitrogens is 2. The molecule has 9 heteroatoms. The van der Waals surface area contributed by atoms with E-state index < -0.39 is 0 Å². The lowest BCUT2D eigenvalue weighted by atomic mass is 10.0. The minimum atomic E-state index is -0.274. The second-order valence-electron chi connectivity index (χ2n) is 9.69. The van der Waals surface area contributed by atoms with Gasteiger partial charge < -0.3 is 9.73 Å². The number of rotatable bonds is 7. The van der Waals surface area contributed by atoms with E-state index in [9.17, 15) is 9.59 Å². The third-order valence-electron chi connectivity index (χ3n) is 6.90. The van der Waals surface area contributed by atoms with Gasteiger partial charge in [-0.3, -0.25) is 14.5 Å². The quantitative estimate of drug-likeness (QED) is 0.249. The number of anilines is 1. The lowest BCUT2D eigenvalue weighted by molar-refractivity contribution is -0.123. The highest BCUT2D eigenvalue weighted by molar-refractivity contribution is 8.00. The van der Waals surface area contributed by atoms with Crippen LogP contribution < -0.4 is 10.2 Å². The first-order valence-electron chi connectivity index (χ1n) is 13.0. The lowest BCUT2D eigenvalue weighted by Gasteiger charge is -2.23. The van der Waals surface area contributed by atoms with Gasteiger partial charge in [-0.2, -0.15) is 5.10 Å². The van der Waals surface area contributed by atoms with Crippen LogP contribution in [0.1, 0.15) is 32.6 Å². The Balaban J connectivity index is 1.53. The van der Waals surface area contributed by atoms with Crippen molar-refractivity contribution in [3.8, 4) is 16.9 Å². The molecule has 40 heavy (non-hydrogen) atoms. The number of thioether (sulfide) groups is 1. The van der Waals surface area contributed by atoms with Gasteiger partial charge in [-0.1, -0.05) is 48.0 Å². The summed E-state index contributed by atoms with van der Waals surface area (Å²) in [6.45, 7) is 4.26. The van der Waals surface area contributed by atoms with Gasteiger partial charge in [-0.25, -0.2) is 4.68 Å². The number of furan rings is 1. The Morgan fingerprint density at radius 3 is 2.55 bits per heavy atom. The standard InChI is InChI=1S/C31H28N4O3S2/c1-20-10-12-23(13-11-20)35-31-27(28(33-35)22-7-4-3-5-8-22)30(29-21(2)14-16-39-29)40-19-26(37)34(31)18-25(36)32-17-24-9-6-15-38-24/h3-16,30H,17-19H2,1-2H3,(H,32,36)/t30-/m1/s1. The molecule has 2 amide bonds. The van der Waals surface area contributed by atoms with E-state index in [1.807, 2.05) is 66.2 Å². The number of carbonyl (C=O) groups is 2. The monoisotopic (exact) mass is 568 g/mol. The summed E-state index contributed by atoms with van der Waals surface area (Å²) in [7, 11) is 0. The Bertz CT molecular complexity index is 1640. The molecule has 0 bridgehead atoms. The maximum Gasteiger partial charge on any atom is 0.240 e. The van der Waals surface area contributed by atoms with Gasteiger partial charge in [0.05, 0.1) is 35.2 Å². The zero-order valence-corrected chi connectivity index (χ0v) is 23.8. The molecule has 0 aliphatic carbocycles. The normalized spacial score (nSPS) is 15.1. The maximum absolute atomic E-state index is 13.8. The van der Waals surface area contributed by atoms with E-state index in [0.717, 1.165) is 28.1 Å². The van der Waals surface area contributed by atoms with Crippen LogP contribution >= 0.6 is 23.1 Å². The maximum atomic E-state index is 13.8. The van der Waals surface area contributed by atoms with E-state index in [2.05, 4.69) is 23.7 Å². The largest absolute Gasteiger partial charge is 0.467 e. The molecule has 1 atom stereocenters. The fraction of sp³-hybridized carbons (Fsp3) is 0.194. The minimum Gasteiger partial charge on any atom is -0.467 e. The predicted octanol–water partition coefficient (Wildman–Crippen LogP) is 6.30. The summed E-state index contributed by atoms with van der Waals surface area (Å²) in [5.74, 6) is 1.11. The topological polar surface area (TPSA) is 80.4 Å². The molecule has 3 aromatic heterocycles. The summed E-state index contributed by atoms with van der Waals surface area (Å²) in [6, 6.07) is 23.8. The van der Waals surface area contributed by atoms with Crippen LogP contribution in [0.5, 0.6) is 0 Å². The molecule has 0 spiro atoms. The van der Waals surface area contributed by atoms with Crippen LogP contribution in [-0.4, -0.2) is 33.9 Å². The van der Waals surface area contributed by atoms with Crippen LogP contribution in [0, 0.1) is 13.8 Å². The zero-order valence-electron chi connectivity index (χ0n) is 22.2. The highest BCUT2D eigenvalue weighted by atomic mass is 32.2. The molecule has 0 radical (unpaired) electrons. The van der Waals surface area contributed by atoms with Crippen LogP contribution in [0.2, 0.25) is 0 Å². The zero-order chi connectivity index (χ0) is 27.6. The highest BCUT2D eigenvalue weighted by Gasteiger charge is 2.38. The van der Waals surface area contributed by atoms with Crippen molar-refractivity contribution in [3.63, 3.8) is 0 Å². The van der Waals surface area contributed by atoms with Crippen molar-refractivity contribution < 1.29 is 14.0 Å². The molecule has 6 rings (SSSR count). The molecule has 202 valence electrons. The minimum absolute atomic E-state index is 0.121. The summed E-state index contributed by atoms with van der Waals surface area (Å²) in [5, 5.41) is 10.0. The van der Waals surface area contributed by atoms with Crippen molar-refractivity contribution in [2.24, 2.45) is 0 Å². The second-order valence-corrected chi connectivity index (χ2v) is 11.7. The molecular formula is C31H28N4O3S2. The van der Waals surface area contributed by atoms with E-state index in [0.29, 0.717) is 11.6 Å². The number of fused-ring (bicyclic) bond motifs is 1. The number of hydrogen-bond acceptors (Lipinski definition) is 6. The summed E-state index contributed by atoms with van der Waals surface area (Å²) in [4.78, 5) is 29.8. The summed E-state index contributed by atoms with van der Waals surface area (Å²) in [5.41, 5.74) is 5.82. The van der Waals surface area contributed by atoms with Crippen molar-refractivity contribution in [1.82, 2.24) is 15.1 Å². The highest BCUT2D eigenvalue weighted by Crippen LogP contribution is 2.50. The Hall–Kier alpha value is -4.08. The molecule has 0 fully saturated rings. The smallest absolute Gasteiger partial charge is 0.240 e. The van der Waals surface area contributed by atoms with Gasteiger partial charge in [0, 0.05) is 16.0 Å². The number of hydrogen-bond donors (Lipinski definition) is 1. The van der Waals surface area contributed by atoms with E-state index >= 15 is 0 Å². The van der Waals surface area contributed by atoms with E-state index in [4.69, 9.17) is 9.52 Å². The average Bonchev–Trinajstić information content (AvgIpc) is 3.71. The van der Waals surface area contributed by atoms with E-state index in [1.54, 1.807) is 46.4 Å². The van der Waals surface area contributed by atoms with Gasteiger partial charge in [-0.15, -0.1) is 23.1 Å². The van der Waals surface area contributed by atoms with Crippen molar-refractivity contribution in [2.45, 2.75) is 25.6 Å². The fourth-order valence-corrected chi connectivity index (χ4v) is 7.32. The number of carbonyl (C=O) groups excluding carboxylic acids is 2. The number of aryl methyl sites for hydroxylation is 2. The molecule has 4 heterocycles. The van der Waals surface area contributed by atoms with E-state index in [-0.39, 0.29) is 35.9 Å². The SMILES string of the molecule is Cc1ccc(-n2nc(-c3ccccc3)c3c2N(CC(=O)NCc2ccco2)C(=O)CS[C@H]3c2sccc2C)cc1. The molecule has 0 saturated carbocycles. The van der Waals surface area contributed by atoms with Crippen LogP contribution in [0.15, 0.2) is 88.9 Å². The Morgan fingerprint density at radius 1 is 1.05 bits per heavy atom. The molecule has 1 aliphatic heterocycles. The number of nitrogens with zero attached hydrogens (tertiary/aromatic N) is 3. The number of amides is 2. The Morgan fingerprint density at radius 2 is 1.85 bits per heavy atom. The van der Waals surface area contributed by atoms with Crippen LogP contribution in [0.4, 0.5) is 5.82 Å². The van der Waals surface area contributed by atoms with Crippen molar-refractivity contribution in [2.75, 3.05) is 17.2 Å². The van der Waals surface area contributed by atoms with Gasteiger partial charge in [-0.05, 0) is 55.1 Å². The summed E-state index contributed by atoms with van der Waals surface area (Å²) < 4.78 is 7.20. The van der Waals surface area contributed by atoms with Crippen LogP contribution in [0.3, 0.4) is 0 Å². The molecule has 2 aromatic carbocycles. The molecule has 1 N–H and O–H groups in total. The average molecular weight is 569 g/mol. The first kappa shape index (κ1) is 26.2. The first-order valence-corrected chi connectivity index (χ1v) is 14.9. The molecular weight excluding hydrogens is 541 g/mol. The molecule has 7 nitrogen and oxygen atoms in total. The predicted molar refractivity (Wildman–Crippen MR) is 160 cm³/mol. The van der Waals surface area contributed by atoms with Gasteiger partial charge in [0.15, 0.2) is 0 Å². The lowest BCUT2D eigenvalue weighted by Crippen LogP contribution is -2.42. The third-order valence-corrected chi connectivity index (χ3v) is 9.35. The van der Waals surface area contributed by atoms with Gasteiger partial charge in [0.25, 0.3) is 0 Å². The van der Waals surface area contributed by atoms with Crippen molar-refractivity contribution >= 4 is 40.7 Å². The summed E-state index contributed by atoms with van der Waals surface area (Å²) >= 11 is 3.27. The van der Waals surface area contributed by atoms with Crippen LogP contribution in [0.25, 0.3) is 16.9 Å². The second kappa shape index (κ2) is 11.2. The molecule has 0 unspecified atom stereocenters. The van der Waals surface area contributed by atoms with Gasteiger partial charge in [0.1, 0.15) is 18.1 Å². The number of benzene rings is 2. The molecule has 5 aromatic rings. The molecule has 1 aliphatic rings. The first-order chi connectivity index (χ1) is 19.5. The van der Waals surface area contributed by atoms with Gasteiger partial charge in [0.2, 0.25) is 11.8 Å². The Labute approximate surface area is 240 Å². The van der Waals surface area contributed by atoms with Crippen molar-refractivity contribution in [3.05, 3.63) is 112 Å². The fourth-order valence-electron chi connectivity index (χ4n) is 4.85. The third kappa shape index (κ3) is 5.10. The van der Waals surface area contributed by atoms with Crippen LogP contribution in [-0.2, 0) is 16.1 Å². The van der Waals surface area contributed by atoms with Crippen molar-refractivity contribution in [1.29, 1.82) is 0 Å².